The molecule has 2 unspecified atom stereocenters. The van der Waals surface area contributed by atoms with Gasteiger partial charge in [0.15, 0.2) is 0 Å². The monoisotopic (exact) mass is 224 g/mol. The van der Waals surface area contributed by atoms with Gasteiger partial charge >= 0.3 is 0 Å². The third-order valence-electron chi connectivity index (χ3n) is 2.35. The van der Waals surface area contributed by atoms with Crippen LogP contribution in [0.25, 0.3) is 0 Å². The minimum absolute atomic E-state index is 0.0182. The van der Waals surface area contributed by atoms with Crippen LogP contribution in [0.4, 0.5) is 0 Å². The lowest BCUT2D eigenvalue weighted by molar-refractivity contribution is -0.119. The van der Waals surface area contributed by atoms with Crippen LogP contribution in [-0.2, 0) is 4.79 Å². The van der Waals surface area contributed by atoms with E-state index in [2.05, 4.69) is 5.32 Å². The number of carbonyl (C=O) groups is 1. The van der Waals surface area contributed by atoms with Crippen molar-refractivity contribution >= 4 is 5.91 Å². The summed E-state index contributed by atoms with van der Waals surface area (Å²) in [6, 6.07) is 3.62. The Morgan fingerprint density at radius 2 is 1.75 bits per heavy atom. The Morgan fingerprint density at radius 1 is 1.25 bits per heavy atom. The highest BCUT2D eigenvalue weighted by atomic mass is 16.3. The standard InChI is InChI=1S/C11H16N2O3/c1-6(13-7(2)11(12)16)8-3-9(14)5-10(15)4-8/h3-7,13-15H,1-2H3,(H2,12,16). The summed E-state index contributed by atoms with van der Waals surface area (Å²) < 4.78 is 0. The number of benzene rings is 1. The maximum absolute atomic E-state index is 10.9. The molecule has 5 heteroatoms. The first kappa shape index (κ1) is 12.3. The van der Waals surface area contributed by atoms with E-state index in [0.29, 0.717) is 5.56 Å². The van der Waals surface area contributed by atoms with Crippen LogP contribution in [0.2, 0.25) is 0 Å². The van der Waals surface area contributed by atoms with Gasteiger partial charge in [0.25, 0.3) is 0 Å². The molecular formula is C11H16N2O3. The summed E-state index contributed by atoms with van der Waals surface area (Å²) in [6.07, 6.45) is 0. The van der Waals surface area contributed by atoms with E-state index in [0.717, 1.165) is 0 Å². The number of hydrogen-bond donors (Lipinski definition) is 4. The van der Waals surface area contributed by atoms with Gasteiger partial charge in [-0.3, -0.25) is 10.1 Å². The van der Waals surface area contributed by atoms with Crippen LogP contribution >= 0.6 is 0 Å². The van der Waals surface area contributed by atoms with Crippen molar-refractivity contribution in [3.63, 3.8) is 0 Å². The number of nitrogens with two attached hydrogens (primary N) is 1. The highest BCUT2D eigenvalue weighted by Crippen LogP contribution is 2.24. The maximum atomic E-state index is 10.9. The molecule has 1 aromatic rings. The third kappa shape index (κ3) is 3.13. The molecular weight excluding hydrogens is 208 g/mol. The molecule has 16 heavy (non-hydrogen) atoms. The Kier molecular flexibility index (Phi) is 3.73. The molecule has 0 saturated heterocycles. The third-order valence-corrected chi connectivity index (χ3v) is 2.35. The lowest BCUT2D eigenvalue weighted by atomic mass is 10.1. The number of primary amides is 1. The molecule has 0 bridgehead atoms. The SMILES string of the molecule is CC(NC(C)c1cc(O)cc(O)c1)C(N)=O. The van der Waals surface area contributed by atoms with Gasteiger partial charge in [-0.2, -0.15) is 0 Å². The highest BCUT2D eigenvalue weighted by molar-refractivity contribution is 5.79. The second kappa shape index (κ2) is 4.85. The molecule has 5 nitrogen and oxygen atoms in total. The van der Waals surface area contributed by atoms with E-state index in [1.165, 1.54) is 18.2 Å². The van der Waals surface area contributed by atoms with Crippen LogP contribution in [0.5, 0.6) is 11.5 Å². The molecule has 1 rings (SSSR count). The quantitative estimate of drug-likeness (QED) is 0.603. The average molecular weight is 224 g/mol. The summed E-state index contributed by atoms with van der Waals surface area (Å²) in [7, 11) is 0. The van der Waals surface area contributed by atoms with Gasteiger partial charge in [-0.1, -0.05) is 0 Å². The van der Waals surface area contributed by atoms with E-state index < -0.39 is 11.9 Å². The zero-order chi connectivity index (χ0) is 12.3. The molecule has 1 aromatic carbocycles. The molecule has 0 aliphatic rings. The summed E-state index contributed by atoms with van der Waals surface area (Å²) in [5, 5.41) is 21.6. The number of nitrogens with one attached hydrogen (secondary N) is 1. The zero-order valence-corrected chi connectivity index (χ0v) is 9.27. The molecule has 0 heterocycles. The Hall–Kier alpha value is -1.75. The van der Waals surface area contributed by atoms with Gasteiger partial charge in [-0.25, -0.2) is 0 Å². The summed E-state index contributed by atoms with van der Waals surface area (Å²) in [5.41, 5.74) is 5.81. The van der Waals surface area contributed by atoms with Crippen molar-refractivity contribution in [2.45, 2.75) is 25.9 Å². The molecule has 0 radical (unpaired) electrons. The lowest BCUT2D eigenvalue weighted by Gasteiger charge is -2.18. The Labute approximate surface area is 93.9 Å². The van der Waals surface area contributed by atoms with Gasteiger partial charge in [0.05, 0.1) is 6.04 Å². The molecule has 0 aliphatic carbocycles. The Morgan fingerprint density at radius 3 is 2.19 bits per heavy atom. The van der Waals surface area contributed by atoms with Gasteiger partial charge in [0, 0.05) is 12.1 Å². The smallest absolute Gasteiger partial charge is 0.234 e. The largest absolute Gasteiger partial charge is 0.508 e. The van der Waals surface area contributed by atoms with Crippen LogP contribution < -0.4 is 11.1 Å². The number of amides is 1. The average Bonchev–Trinajstić information content (AvgIpc) is 2.15. The molecule has 0 spiro atoms. The van der Waals surface area contributed by atoms with Gasteiger partial charge in [0.1, 0.15) is 11.5 Å². The summed E-state index contributed by atoms with van der Waals surface area (Å²) in [4.78, 5) is 10.9. The van der Waals surface area contributed by atoms with Crippen molar-refractivity contribution in [3.05, 3.63) is 23.8 Å². The summed E-state index contributed by atoms with van der Waals surface area (Å²) in [5.74, 6) is -0.484. The number of rotatable bonds is 4. The topological polar surface area (TPSA) is 95.6 Å². The van der Waals surface area contributed by atoms with E-state index >= 15 is 0 Å². The number of phenols is 2. The second-order valence-electron chi connectivity index (χ2n) is 3.80. The molecule has 0 saturated carbocycles. The molecule has 0 aliphatic heterocycles. The van der Waals surface area contributed by atoms with Crippen molar-refractivity contribution in [1.29, 1.82) is 0 Å². The van der Waals surface area contributed by atoms with E-state index in [-0.39, 0.29) is 17.5 Å². The van der Waals surface area contributed by atoms with Crippen LogP contribution in [-0.4, -0.2) is 22.2 Å². The van der Waals surface area contributed by atoms with Gasteiger partial charge < -0.3 is 15.9 Å². The predicted molar refractivity (Wildman–Crippen MR) is 60.0 cm³/mol. The Balaban J connectivity index is 2.80. The maximum Gasteiger partial charge on any atom is 0.234 e. The van der Waals surface area contributed by atoms with E-state index in [1.807, 2.05) is 6.92 Å². The number of aromatic hydroxyl groups is 2. The fraction of sp³-hybridized carbons (Fsp3) is 0.364. The normalized spacial score (nSPS) is 14.4. The first-order chi connectivity index (χ1) is 7.40. The van der Waals surface area contributed by atoms with Crippen molar-refractivity contribution in [1.82, 2.24) is 5.32 Å². The summed E-state index contributed by atoms with van der Waals surface area (Å²) in [6.45, 7) is 3.47. The van der Waals surface area contributed by atoms with Crippen molar-refractivity contribution in [2.24, 2.45) is 5.73 Å². The Bertz CT molecular complexity index is 373. The van der Waals surface area contributed by atoms with Gasteiger partial charge in [-0.05, 0) is 31.5 Å². The lowest BCUT2D eigenvalue weighted by Crippen LogP contribution is -2.39. The van der Waals surface area contributed by atoms with Crippen molar-refractivity contribution < 1.29 is 15.0 Å². The van der Waals surface area contributed by atoms with Crippen molar-refractivity contribution in [2.75, 3.05) is 0 Å². The molecule has 0 aromatic heterocycles. The fourth-order valence-corrected chi connectivity index (χ4v) is 1.42. The van der Waals surface area contributed by atoms with Crippen molar-refractivity contribution in [3.8, 4) is 11.5 Å². The van der Waals surface area contributed by atoms with Gasteiger partial charge in [0.2, 0.25) is 5.91 Å². The van der Waals surface area contributed by atoms with Crippen LogP contribution in [0.1, 0.15) is 25.5 Å². The van der Waals surface area contributed by atoms with Gasteiger partial charge in [-0.15, -0.1) is 0 Å². The fourth-order valence-electron chi connectivity index (χ4n) is 1.42. The molecule has 88 valence electrons. The highest BCUT2D eigenvalue weighted by Gasteiger charge is 2.14. The summed E-state index contributed by atoms with van der Waals surface area (Å²) >= 11 is 0. The number of hydrogen-bond acceptors (Lipinski definition) is 4. The first-order valence-corrected chi connectivity index (χ1v) is 4.98. The van der Waals surface area contributed by atoms with E-state index in [9.17, 15) is 15.0 Å². The van der Waals surface area contributed by atoms with Crippen LogP contribution in [0, 0.1) is 0 Å². The van der Waals surface area contributed by atoms with Crippen LogP contribution in [0.15, 0.2) is 18.2 Å². The molecule has 2 atom stereocenters. The number of phenolic OH excluding ortho intramolecular Hbond substituents is 2. The van der Waals surface area contributed by atoms with E-state index in [1.54, 1.807) is 6.92 Å². The second-order valence-corrected chi connectivity index (χ2v) is 3.80. The number of carbonyl (C=O) groups excluding carboxylic acids is 1. The molecule has 5 N–H and O–H groups in total. The molecule has 1 amide bonds. The molecule has 0 fully saturated rings. The minimum atomic E-state index is -0.473. The van der Waals surface area contributed by atoms with Crippen LogP contribution in [0.3, 0.4) is 0 Å². The first-order valence-electron chi connectivity index (χ1n) is 4.98. The zero-order valence-electron chi connectivity index (χ0n) is 9.27. The minimum Gasteiger partial charge on any atom is -0.508 e. The van der Waals surface area contributed by atoms with E-state index in [4.69, 9.17) is 5.73 Å². The predicted octanol–water partition coefficient (Wildman–Crippen LogP) is 0.622.